The Bertz CT molecular complexity index is 535. The van der Waals surface area contributed by atoms with Crippen molar-refractivity contribution in [3.05, 3.63) is 59.9 Å². The molecule has 0 saturated heterocycles. The summed E-state index contributed by atoms with van der Waals surface area (Å²) in [6.45, 7) is 2.12. The van der Waals surface area contributed by atoms with Crippen molar-refractivity contribution in [2.75, 3.05) is 0 Å². The monoisotopic (exact) mass is 226 g/mol. The van der Waals surface area contributed by atoms with Crippen molar-refractivity contribution in [1.82, 2.24) is 4.57 Å². The molecule has 0 aliphatic carbocycles. The fourth-order valence-corrected chi connectivity index (χ4v) is 1.87. The van der Waals surface area contributed by atoms with Crippen LogP contribution < -0.4 is 0 Å². The molecule has 1 atom stereocenters. The quantitative estimate of drug-likeness (QED) is 0.872. The number of nitriles is 1. The van der Waals surface area contributed by atoms with Gasteiger partial charge in [0.2, 0.25) is 0 Å². The molecule has 1 aromatic heterocycles. The maximum atomic E-state index is 10.4. The van der Waals surface area contributed by atoms with E-state index in [1.165, 1.54) is 0 Å². The van der Waals surface area contributed by atoms with Crippen LogP contribution in [0.25, 0.3) is 0 Å². The summed E-state index contributed by atoms with van der Waals surface area (Å²) >= 11 is 0. The van der Waals surface area contributed by atoms with E-state index in [9.17, 15) is 5.11 Å². The highest BCUT2D eigenvalue weighted by molar-refractivity contribution is 5.25. The number of nitrogens with zero attached hydrogens (tertiary/aromatic N) is 2. The van der Waals surface area contributed by atoms with E-state index in [1.54, 1.807) is 29.8 Å². The van der Waals surface area contributed by atoms with Crippen LogP contribution in [0.1, 0.15) is 18.2 Å². The standard InChI is InChI=1S/C14H14N2O/c1-14(17,12-6-3-2-4-7-12)11-16-9-5-8-13(16)10-15/h2-9,17H,11H2,1H3. The van der Waals surface area contributed by atoms with Gasteiger partial charge in [-0.2, -0.15) is 5.26 Å². The van der Waals surface area contributed by atoms with E-state index in [1.807, 2.05) is 30.3 Å². The van der Waals surface area contributed by atoms with Crippen molar-refractivity contribution >= 4 is 0 Å². The summed E-state index contributed by atoms with van der Waals surface area (Å²) in [7, 11) is 0. The van der Waals surface area contributed by atoms with Crippen LogP contribution in [-0.4, -0.2) is 9.67 Å². The molecule has 0 bridgehead atoms. The molecule has 86 valence electrons. The Balaban J connectivity index is 2.27. The molecule has 0 saturated carbocycles. The Morgan fingerprint density at radius 2 is 1.94 bits per heavy atom. The average Bonchev–Trinajstić information content (AvgIpc) is 2.77. The second-order valence-corrected chi connectivity index (χ2v) is 4.27. The van der Waals surface area contributed by atoms with Crippen molar-refractivity contribution in [2.45, 2.75) is 19.1 Å². The molecular formula is C14H14N2O. The maximum Gasteiger partial charge on any atom is 0.120 e. The number of aromatic nitrogens is 1. The van der Waals surface area contributed by atoms with Crippen molar-refractivity contribution in [3.8, 4) is 6.07 Å². The molecule has 17 heavy (non-hydrogen) atoms. The molecule has 1 aromatic carbocycles. The first kappa shape index (κ1) is 11.4. The lowest BCUT2D eigenvalue weighted by Crippen LogP contribution is -2.27. The minimum atomic E-state index is -0.980. The molecular weight excluding hydrogens is 212 g/mol. The molecule has 3 nitrogen and oxygen atoms in total. The molecule has 0 fully saturated rings. The summed E-state index contributed by atoms with van der Waals surface area (Å²) in [5, 5.41) is 19.4. The SMILES string of the molecule is CC(O)(Cn1cccc1C#N)c1ccccc1. The summed E-state index contributed by atoms with van der Waals surface area (Å²) < 4.78 is 1.76. The van der Waals surface area contributed by atoms with E-state index in [4.69, 9.17) is 5.26 Å². The Kier molecular flexibility index (Phi) is 2.99. The zero-order chi connectivity index (χ0) is 12.3. The van der Waals surface area contributed by atoms with E-state index in [2.05, 4.69) is 6.07 Å². The van der Waals surface area contributed by atoms with Crippen LogP contribution in [0.15, 0.2) is 48.7 Å². The fourth-order valence-electron chi connectivity index (χ4n) is 1.87. The fraction of sp³-hybridized carbons (Fsp3) is 0.214. The third-order valence-electron chi connectivity index (χ3n) is 2.82. The van der Waals surface area contributed by atoms with Crippen molar-refractivity contribution in [3.63, 3.8) is 0 Å². The molecule has 0 aliphatic rings. The van der Waals surface area contributed by atoms with Gasteiger partial charge in [-0.15, -0.1) is 0 Å². The predicted molar refractivity (Wildman–Crippen MR) is 65.2 cm³/mol. The Morgan fingerprint density at radius 1 is 1.24 bits per heavy atom. The first-order valence-corrected chi connectivity index (χ1v) is 5.46. The Morgan fingerprint density at radius 3 is 2.59 bits per heavy atom. The molecule has 1 heterocycles. The van der Waals surface area contributed by atoms with Crippen LogP contribution in [0.2, 0.25) is 0 Å². The first-order chi connectivity index (χ1) is 8.13. The number of aliphatic hydroxyl groups is 1. The number of benzene rings is 1. The smallest absolute Gasteiger partial charge is 0.120 e. The largest absolute Gasteiger partial charge is 0.384 e. The van der Waals surface area contributed by atoms with Gasteiger partial charge in [0.1, 0.15) is 17.4 Å². The van der Waals surface area contributed by atoms with E-state index >= 15 is 0 Å². The van der Waals surface area contributed by atoms with Gasteiger partial charge in [-0.25, -0.2) is 0 Å². The van der Waals surface area contributed by atoms with Gasteiger partial charge in [0.05, 0.1) is 6.54 Å². The van der Waals surface area contributed by atoms with Crippen LogP contribution in [0, 0.1) is 11.3 Å². The van der Waals surface area contributed by atoms with Gasteiger partial charge in [0, 0.05) is 6.20 Å². The van der Waals surface area contributed by atoms with E-state index in [-0.39, 0.29) is 0 Å². The summed E-state index contributed by atoms with van der Waals surface area (Å²) in [4.78, 5) is 0. The number of hydrogen-bond donors (Lipinski definition) is 1. The Hall–Kier alpha value is -2.05. The second kappa shape index (κ2) is 4.44. The predicted octanol–water partition coefficient (Wildman–Crippen LogP) is 2.27. The third kappa shape index (κ3) is 2.38. The molecule has 0 amide bonds. The van der Waals surface area contributed by atoms with Crippen molar-refractivity contribution in [2.24, 2.45) is 0 Å². The van der Waals surface area contributed by atoms with Crippen LogP contribution in [0.4, 0.5) is 0 Å². The van der Waals surface area contributed by atoms with Gasteiger partial charge in [-0.3, -0.25) is 0 Å². The van der Waals surface area contributed by atoms with Crippen LogP contribution in [-0.2, 0) is 12.1 Å². The van der Waals surface area contributed by atoms with Crippen LogP contribution in [0.3, 0.4) is 0 Å². The molecule has 0 radical (unpaired) electrons. The summed E-state index contributed by atoms with van der Waals surface area (Å²) in [5.41, 5.74) is 0.421. The normalized spacial score (nSPS) is 13.9. The summed E-state index contributed by atoms with van der Waals surface area (Å²) in [6, 6.07) is 15.1. The Labute approximate surface area is 101 Å². The van der Waals surface area contributed by atoms with E-state index in [0.717, 1.165) is 5.56 Å². The van der Waals surface area contributed by atoms with Crippen molar-refractivity contribution in [1.29, 1.82) is 5.26 Å². The van der Waals surface area contributed by atoms with Crippen LogP contribution in [0.5, 0.6) is 0 Å². The van der Waals surface area contributed by atoms with Gasteiger partial charge in [0.25, 0.3) is 0 Å². The summed E-state index contributed by atoms with van der Waals surface area (Å²) in [6.07, 6.45) is 1.80. The van der Waals surface area contributed by atoms with Gasteiger partial charge in [-0.05, 0) is 24.6 Å². The lowest BCUT2D eigenvalue weighted by molar-refractivity contribution is 0.0381. The summed E-state index contributed by atoms with van der Waals surface area (Å²) in [5.74, 6) is 0. The second-order valence-electron chi connectivity index (χ2n) is 4.27. The number of rotatable bonds is 3. The molecule has 1 unspecified atom stereocenters. The van der Waals surface area contributed by atoms with E-state index in [0.29, 0.717) is 12.2 Å². The zero-order valence-electron chi connectivity index (χ0n) is 9.67. The van der Waals surface area contributed by atoms with Crippen molar-refractivity contribution < 1.29 is 5.11 Å². The molecule has 0 aliphatic heterocycles. The highest BCUT2D eigenvalue weighted by Crippen LogP contribution is 2.23. The van der Waals surface area contributed by atoms with Gasteiger partial charge in [-0.1, -0.05) is 30.3 Å². The lowest BCUT2D eigenvalue weighted by Gasteiger charge is -2.24. The van der Waals surface area contributed by atoms with Gasteiger partial charge >= 0.3 is 0 Å². The first-order valence-electron chi connectivity index (χ1n) is 5.46. The van der Waals surface area contributed by atoms with Gasteiger partial charge < -0.3 is 9.67 Å². The molecule has 2 aromatic rings. The molecule has 3 heteroatoms. The minimum Gasteiger partial charge on any atom is -0.384 e. The molecule has 1 N–H and O–H groups in total. The topological polar surface area (TPSA) is 49.0 Å². The highest BCUT2D eigenvalue weighted by atomic mass is 16.3. The van der Waals surface area contributed by atoms with Gasteiger partial charge in [0.15, 0.2) is 0 Å². The zero-order valence-corrected chi connectivity index (χ0v) is 9.67. The maximum absolute atomic E-state index is 10.4. The number of hydrogen-bond acceptors (Lipinski definition) is 2. The molecule has 0 spiro atoms. The molecule has 2 rings (SSSR count). The average molecular weight is 226 g/mol. The highest BCUT2D eigenvalue weighted by Gasteiger charge is 2.23. The lowest BCUT2D eigenvalue weighted by atomic mass is 9.96. The minimum absolute atomic E-state index is 0.368. The van der Waals surface area contributed by atoms with E-state index < -0.39 is 5.60 Å². The van der Waals surface area contributed by atoms with Crippen LogP contribution >= 0.6 is 0 Å². The third-order valence-corrected chi connectivity index (χ3v) is 2.82.